The van der Waals surface area contributed by atoms with E-state index in [1.807, 2.05) is 0 Å². The van der Waals surface area contributed by atoms with Crippen LogP contribution in [-0.2, 0) is 6.42 Å². The van der Waals surface area contributed by atoms with E-state index < -0.39 is 0 Å². The smallest absolute Gasteiger partial charge is 0.232 e. The molecule has 0 saturated carbocycles. The lowest BCUT2D eigenvalue weighted by Gasteiger charge is -2.12. The lowest BCUT2D eigenvalue weighted by atomic mass is 10.0. The predicted octanol–water partition coefficient (Wildman–Crippen LogP) is 1.43. The summed E-state index contributed by atoms with van der Waals surface area (Å²) >= 11 is 0. The van der Waals surface area contributed by atoms with E-state index in [2.05, 4.69) is 23.8 Å². The SMILES string of the molecule is COc1cncc(CC(O)CC(C)C)n1. The standard InChI is InChI=1S/C11H18N2O2/c1-8(2)4-10(14)5-9-6-12-7-11(13-9)15-3/h6-8,10,14H,4-5H2,1-3H3. The summed E-state index contributed by atoms with van der Waals surface area (Å²) in [7, 11) is 1.55. The Balaban J connectivity index is 2.55. The maximum atomic E-state index is 9.73. The normalized spacial score (nSPS) is 12.9. The summed E-state index contributed by atoms with van der Waals surface area (Å²) in [6, 6.07) is 0. The Morgan fingerprint density at radius 2 is 2.13 bits per heavy atom. The van der Waals surface area contributed by atoms with Crippen LogP contribution in [0.3, 0.4) is 0 Å². The highest BCUT2D eigenvalue weighted by Gasteiger charge is 2.09. The van der Waals surface area contributed by atoms with Crippen LogP contribution in [0.15, 0.2) is 12.4 Å². The number of aromatic nitrogens is 2. The van der Waals surface area contributed by atoms with Gasteiger partial charge in [-0.25, -0.2) is 4.98 Å². The second-order valence-corrected chi connectivity index (χ2v) is 4.04. The van der Waals surface area contributed by atoms with Crippen LogP contribution < -0.4 is 4.74 Å². The minimum atomic E-state index is -0.355. The molecule has 0 aliphatic carbocycles. The molecule has 1 aromatic heterocycles. The summed E-state index contributed by atoms with van der Waals surface area (Å²) in [4.78, 5) is 8.18. The molecule has 4 nitrogen and oxygen atoms in total. The third kappa shape index (κ3) is 4.25. The highest BCUT2D eigenvalue weighted by molar-refractivity contribution is 5.08. The van der Waals surface area contributed by atoms with Crippen molar-refractivity contribution in [1.82, 2.24) is 9.97 Å². The number of methoxy groups -OCH3 is 1. The van der Waals surface area contributed by atoms with Crippen molar-refractivity contribution in [2.24, 2.45) is 5.92 Å². The van der Waals surface area contributed by atoms with E-state index in [0.29, 0.717) is 18.2 Å². The zero-order valence-electron chi connectivity index (χ0n) is 9.47. The van der Waals surface area contributed by atoms with Gasteiger partial charge in [0.05, 0.1) is 25.1 Å². The van der Waals surface area contributed by atoms with Crippen molar-refractivity contribution in [1.29, 1.82) is 0 Å². The van der Waals surface area contributed by atoms with E-state index >= 15 is 0 Å². The molecular formula is C11H18N2O2. The van der Waals surface area contributed by atoms with Gasteiger partial charge in [0.1, 0.15) is 0 Å². The predicted molar refractivity (Wildman–Crippen MR) is 57.7 cm³/mol. The van der Waals surface area contributed by atoms with Crippen LogP contribution in [0.1, 0.15) is 26.0 Å². The average molecular weight is 210 g/mol. The number of aliphatic hydroxyl groups excluding tert-OH is 1. The number of hydrogen-bond acceptors (Lipinski definition) is 4. The Kier molecular flexibility index (Phi) is 4.49. The lowest BCUT2D eigenvalue weighted by Crippen LogP contribution is -2.14. The fraction of sp³-hybridized carbons (Fsp3) is 0.636. The third-order valence-electron chi connectivity index (χ3n) is 2.06. The van der Waals surface area contributed by atoms with Crippen LogP contribution in [-0.4, -0.2) is 28.3 Å². The first-order valence-electron chi connectivity index (χ1n) is 5.14. The maximum absolute atomic E-state index is 9.73. The molecule has 0 aromatic carbocycles. The molecule has 0 saturated heterocycles. The van der Waals surface area contributed by atoms with Crippen LogP contribution in [0, 0.1) is 5.92 Å². The number of ether oxygens (including phenoxy) is 1. The second kappa shape index (κ2) is 5.66. The Hall–Kier alpha value is -1.16. The van der Waals surface area contributed by atoms with Gasteiger partial charge in [-0.2, -0.15) is 0 Å². The monoisotopic (exact) mass is 210 g/mol. The molecule has 1 atom stereocenters. The molecule has 84 valence electrons. The fourth-order valence-electron chi connectivity index (χ4n) is 1.45. The maximum Gasteiger partial charge on any atom is 0.232 e. The van der Waals surface area contributed by atoms with Gasteiger partial charge in [0.2, 0.25) is 5.88 Å². The van der Waals surface area contributed by atoms with Crippen LogP contribution in [0.25, 0.3) is 0 Å². The summed E-state index contributed by atoms with van der Waals surface area (Å²) in [5, 5.41) is 9.73. The van der Waals surface area contributed by atoms with E-state index in [0.717, 1.165) is 12.1 Å². The first kappa shape index (κ1) is 11.9. The van der Waals surface area contributed by atoms with Gasteiger partial charge < -0.3 is 9.84 Å². The Bertz CT molecular complexity index is 302. The van der Waals surface area contributed by atoms with Gasteiger partial charge in [0, 0.05) is 12.6 Å². The molecule has 1 N–H and O–H groups in total. The zero-order valence-corrected chi connectivity index (χ0v) is 9.47. The van der Waals surface area contributed by atoms with Crippen molar-refractivity contribution in [3.05, 3.63) is 18.1 Å². The minimum Gasteiger partial charge on any atom is -0.480 e. The van der Waals surface area contributed by atoms with Gasteiger partial charge in [-0.3, -0.25) is 4.98 Å². The largest absolute Gasteiger partial charge is 0.480 e. The van der Waals surface area contributed by atoms with Crippen molar-refractivity contribution in [3.63, 3.8) is 0 Å². The topological polar surface area (TPSA) is 55.2 Å². The molecule has 15 heavy (non-hydrogen) atoms. The molecular weight excluding hydrogens is 192 g/mol. The van der Waals surface area contributed by atoms with Crippen LogP contribution in [0.4, 0.5) is 0 Å². The molecule has 1 unspecified atom stereocenters. The molecule has 0 aliphatic rings. The summed E-state index contributed by atoms with van der Waals surface area (Å²) < 4.78 is 4.96. The van der Waals surface area contributed by atoms with E-state index in [1.54, 1.807) is 19.5 Å². The Labute approximate surface area is 90.3 Å². The van der Waals surface area contributed by atoms with Crippen LogP contribution >= 0.6 is 0 Å². The molecule has 4 heteroatoms. The average Bonchev–Trinajstić information content (AvgIpc) is 2.16. The molecule has 1 rings (SSSR count). The first-order valence-corrected chi connectivity index (χ1v) is 5.14. The second-order valence-electron chi connectivity index (χ2n) is 4.04. The van der Waals surface area contributed by atoms with Crippen molar-refractivity contribution in [2.45, 2.75) is 32.8 Å². The van der Waals surface area contributed by atoms with Crippen LogP contribution in [0.2, 0.25) is 0 Å². The highest BCUT2D eigenvalue weighted by atomic mass is 16.5. The van der Waals surface area contributed by atoms with E-state index in [-0.39, 0.29) is 6.10 Å². The summed E-state index contributed by atoms with van der Waals surface area (Å²) in [6.07, 6.45) is 4.16. The van der Waals surface area contributed by atoms with Crippen molar-refractivity contribution < 1.29 is 9.84 Å². The lowest BCUT2D eigenvalue weighted by molar-refractivity contribution is 0.147. The van der Waals surface area contributed by atoms with Gasteiger partial charge in [0.15, 0.2) is 0 Å². The van der Waals surface area contributed by atoms with Crippen molar-refractivity contribution in [2.75, 3.05) is 7.11 Å². The number of nitrogens with zero attached hydrogens (tertiary/aromatic N) is 2. The van der Waals surface area contributed by atoms with Gasteiger partial charge in [-0.1, -0.05) is 13.8 Å². The molecule has 0 aliphatic heterocycles. The van der Waals surface area contributed by atoms with Crippen molar-refractivity contribution >= 4 is 0 Å². The molecule has 1 heterocycles. The number of hydrogen-bond donors (Lipinski definition) is 1. The number of aliphatic hydroxyl groups is 1. The van der Waals surface area contributed by atoms with Gasteiger partial charge in [0.25, 0.3) is 0 Å². The summed E-state index contributed by atoms with van der Waals surface area (Å²) in [6.45, 7) is 4.17. The highest BCUT2D eigenvalue weighted by Crippen LogP contribution is 2.11. The van der Waals surface area contributed by atoms with Gasteiger partial charge in [-0.05, 0) is 12.3 Å². The van der Waals surface area contributed by atoms with E-state index in [4.69, 9.17) is 4.74 Å². The molecule has 0 amide bonds. The summed E-state index contributed by atoms with van der Waals surface area (Å²) in [5.74, 6) is 0.975. The van der Waals surface area contributed by atoms with Crippen molar-refractivity contribution in [3.8, 4) is 5.88 Å². The third-order valence-corrected chi connectivity index (χ3v) is 2.06. The zero-order chi connectivity index (χ0) is 11.3. The Morgan fingerprint density at radius 3 is 2.73 bits per heavy atom. The molecule has 0 spiro atoms. The molecule has 1 aromatic rings. The van der Waals surface area contributed by atoms with E-state index in [1.165, 1.54) is 0 Å². The molecule has 0 radical (unpaired) electrons. The quantitative estimate of drug-likeness (QED) is 0.799. The fourth-order valence-corrected chi connectivity index (χ4v) is 1.45. The number of rotatable bonds is 5. The Morgan fingerprint density at radius 1 is 1.40 bits per heavy atom. The molecule has 0 bridgehead atoms. The van der Waals surface area contributed by atoms with Gasteiger partial charge in [-0.15, -0.1) is 0 Å². The molecule has 0 fully saturated rings. The minimum absolute atomic E-state index is 0.355. The summed E-state index contributed by atoms with van der Waals surface area (Å²) in [5.41, 5.74) is 0.766. The van der Waals surface area contributed by atoms with Crippen LogP contribution in [0.5, 0.6) is 5.88 Å². The van der Waals surface area contributed by atoms with Gasteiger partial charge >= 0.3 is 0 Å². The first-order chi connectivity index (χ1) is 7.11. The van der Waals surface area contributed by atoms with E-state index in [9.17, 15) is 5.11 Å².